The average Bonchev–Trinajstić information content (AvgIpc) is 3.11. The van der Waals surface area contributed by atoms with E-state index in [1.165, 1.54) is 12.8 Å². The summed E-state index contributed by atoms with van der Waals surface area (Å²) in [5.41, 5.74) is 1.39. The highest BCUT2D eigenvalue weighted by atomic mass is 16.3. The van der Waals surface area contributed by atoms with Gasteiger partial charge < -0.3 is 10.0 Å². The number of aromatic hydroxyl groups is 1. The Labute approximate surface area is 108 Å². The average molecular weight is 247 g/mol. The van der Waals surface area contributed by atoms with E-state index < -0.39 is 0 Å². The Morgan fingerprint density at radius 1 is 1.44 bits per heavy atom. The summed E-state index contributed by atoms with van der Waals surface area (Å²) in [6.07, 6.45) is 3.41. The molecule has 0 aromatic heterocycles. The number of aryl methyl sites for hydroxylation is 1. The molecule has 0 saturated heterocycles. The van der Waals surface area contributed by atoms with Crippen LogP contribution in [-0.2, 0) is 0 Å². The lowest BCUT2D eigenvalue weighted by molar-refractivity contribution is 0.0744. The Morgan fingerprint density at radius 3 is 2.72 bits per heavy atom. The summed E-state index contributed by atoms with van der Waals surface area (Å²) < 4.78 is 0. The predicted molar refractivity (Wildman–Crippen MR) is 71.8 cm³/mol. The Bertz CT molecular complexity index is 438. The van der Waals surface area contributed by atoms with Crippen molar-refractivity contribution in [1.82, 2.24) is 4.90 Å². The number of phenols is 1. The molecule has 0 aliphatic heterocycles. The van der Waals surface area contributed by atoms with Gasteiger partial charge in [-0.05, 0) is 49.8 Å². The first kappa shape index (κ1) is 12.9. The zero-order valence-corrected chi connectivity index (χ0v) is 11.1. The summed E-state index contributed by atoms with van der Waals surface area (Å²) in [6, 6.07) is 5.24. The predicted octanol–water partition coefficient (Wildman–Crippen LogP) is 2.96. The molecule has 0 spiro atoms. The highest BCUT2D eigenvalue weighted by Gasteiger charge is 2.27. The standard InChI is InChI=1S/C15H21NO2/c1-3-8-16(10-12-5-6-12)15(18)13-7-4-11(2)9-14(13)17/h4,7,9,12,17H,3,5-6,8,10H2,1-2H3. The number of amides is 1. The maximum absolute atomic E-state index is 12.4. The molecule has 3 heteroatoms. The lowest BCUT2D eigenvalue weighted by atomic mass is 10.1. The summed E-state index contributed by atoms with van der Waals surface area (Å²) in [4.78, 5) is 14.3. The zero-order valence-electron chi connectivity index (χ0n) is 11.1. The minimum absolute atomic E-state index is 0.0405. The third-order valence-corrected chi connectivity index (χ3v) is 3.34. The van der Waals surface area contributed by atoms with Crippen LogP contribution < -0.4 is 0 Å². The molecule has 1 amide bonds. The van der Waals surface area contributed by atoms with Crippen molar-refractivity contribution in [3.05, 3.63) is 29.3 Å². The summed E-state index contributed by atoms with van der Waals surface area (Å²) in [5.74, 6) is 0.728. The van der Waals surface area contributed by atoms with Crippen LogP contribution in [0.5, 0.6) is 5.75 Å². The summed E-state index contributed by atoms with van der Waals surface area (Å²) >= 11 is 0. The van der Waals surface area contributed by atoms with Gasteiger partial charge in [0.1, 0.15) is 5.75 Å². The molecule has 1 fully saturated rings. The van der Waals surface area contributed by atoms with Crippen molar-refractivity contribution < 1.29 is 9.90 Å². The van der Waals surface area contributed by atoms with E-state index in [0.717, 1.165) is 25.1 Å². The topological polar surface area (TPSA) is 40.5 Å². The van der Waals surface area contributed by atoms with Gasteiger partial charge in [0.15, 0.2) is 0 Å². The second-order valence-electron chi connectivity index (χ2n) is 5.22. The summed E-state index contributed by atoms with van der Waals surface area (Å²) in [6.45, 7) is 5.58. The fourth-order valence-electron chi connectivity index (χ4n) is 2.15. The van der Waals surface area contributed by atoms with E-state index in [-0.39, 0.29) is 11.7 Å². The molecule has 1 aliphatic carbocycles. The molecule has 0 heterocycles. The monoisotopic (exact) mass is 247 g/mol. The van der Waals surface area contributed by atoms with Gasteiger partial charge >= 0.3 is 0 Å². The number of carbonyl (C=O) groups excluding carboxylic acids is 1. The molecule has 98 valence electrons. The van der Waals surface area contributed by atoms with Gasteiger partial charge in [0.05, 0.1) is 5.56 Å². The smallest absolute Gasteiger partial charge is 0.257 e. The minimum atomic E-state index is -0.0405. The molecule has 18 heavy (non-hydrogen) atoms. The van der Waals surface area contributed by atoms with E-state index in [9.17, 15) is 9.90 Å². The van der Waals surface area contributed by atoms with Crippen molar-refractivity contribution in [2.24, 2.45) is 5.92 Å². The Morgan fingerprint density at radius 2 is 2.17 bits per heavy atom. The molecule has 0 radical (unpaired) electrons. The van der Waals surface area contributed by atoms with Crippen LogP contribution >= 0.6 is 0 Å². The van der Waals surface area contributed by atoms with E-state index in [1.807, 2.05) is 17.9 Å². The Kier molecular flexibility index (Phi) is 3.90. The van der Waals surface area contributed by atoms with Gasteiger partial charge in [-0.1, -0.05) is 13.0 Å². The van der Waals surface area contributed by atoms with Gasteiger partial charge in [-0.3, -0.25) is 4.79 Å². The lowest BCUT2D eigenvalue weighted by Crippen LogP contribution is -2.33. The highest BCUT2D eigenvalue weighted by molar-refractivity contribution is 5.96. The number of carbonyl (C=O) groups is 1. The number of benzene rings is 1. The number of nitrogens with zero attached hydrogens (tertiary/aromatic N) is 1. The van der Waals surface area contributed by atoms with Crippen molar-refractivity contribution in [3.63, 3.8) is 0 Å². The number of hydrogen-bond donors (Lipinski definition) is 1. The van der Waals surface area contributed by atoms with Crippen LogP contribution in [0, 0.1) is 12.8 Å². The molecule has 0 unspecified atom stereocenters. The first-order valence-electron chi connectivity index (χ1n) is 6.70. The van der Waals surface area contributed by atoms with Crippen molar-refractivity contribution >= 4 is 5.91 Å². The van der Waals surface area contributed by atoms with Gasteiger partial charge in [-0.25, -0.2) is 0 Å². The van der Waals surface area contributed by atoms with E-state index in [1.54, 1.807) is 12.1 Å². The fourth-order valence-corrected chi connectivity index (χ4v) is 2.15. The molecule has 1 saturated carbocycles. The molecule has 0 bridgehead atoms. The third-order valence-electron chi connectivity index (χ3n) is 3.34. The molecule has 1 aromatic rings. The first-order valence-corrected chi connectivity index (χ1v) is 6.70. The second-order valence-corrected chi connectivity index (χ2v) is 5.22. The van der Waals surface area contributed by atoms with Crippen molar-refractivity contribution in [3.8, 4) is 5.75 Å². The summed E-state index contributed by atoms with van der Waals surface area (Å²) in [7, 11) is 0. The fraction of sp³-hybridized carbons (Fsp3) is 0.533. The van der Waals surface area contributed by atoms with Crippen molar-refractivity contribution in [2.45, 2.75) is 33.1 Å². The van der Waals surface area contributed by atoms with E-state index in [0.29, 0.717) is 11.5 Å². The largest absolute Gasteiger partial charge is 0.507 e. The number of rotatable bonds is 5. The van der Waals surface area contributed by atoms with Crippen LogP contribution in [0.15, 0.2) is 18.2 Å². The number of hydrogen-bond acceptors (Lipinski definition) is 2. The van der Waals surface area contributed by atoms with Gasteiger partial charge in [0.25, 0.3) is 5.91 Å². The maximum atomic E-state index is 12.4. The van der Waals surface area contributed by atoms with Crippen LogP contribution in [0.4, 0.5) is 0 Å². The van der Waals surface area contributed by atoms with Crippen LogP contribution in [0.1, 0.15) is 42.1 Å². The van der Waals surface area contributed by atoms with Gasteiger partial charge in [0.2, 0.25) is 0 Å². The van der Waals surface area contributed by atoms with E-state index in [2.05, 4.69) is 6.92 Å². The number of phenolic OH excluding ortho intramolecular Hbond substituents is 1. The molecule has 1 aromatic carbocycles. The molecule has 2 rings (SSSR count). The van der Waals surface area contributed by atoms with Crippen LogP contribution in [0.3, 0.4) is 0 Å². The van der Waals surface area contributed by atoms with E-state index in [4.69, 9.17) is 0 Å². The normalized spacial score (nSPS) is 14.6. The van der Waals surface area contributed by atoms with Crippen LogP contribution in [0.25, 0.3) is 0 Å². The van der Waals surface area contributed by atoms with E-state index >= 15 is 0 Å². The molecule has 1 aliphatic rings. The molecular formula is C15H21NO2. The summed E-state index contributed by atoms with van der Waals surface area (Å²) in [5, 5.41) is 9.88. The molecule has 3 nitrogen and oxygen atoms in total. The molecular weight excluding hydrogens is 226 g/mol. The maximum Gasteiger partial charge on any atom is 0.257 e. The molecule has 0 atom stereocenters. The Balaban J connectivity index is 2.15. The lowest BCUT2D eigenvalue weighted by Gasteiger charge is -2.22. The van der Waals surface area contributed by atoms with Crippen LogP contribution in [-0.4, -0.2) is 29.0 Å². The quantitative estimate of drug-likeness (QED) is 0.869. The minimum Gasteiger partial charge on any atom is -0.507 e. The zero-order chi connectivity index (χ0) is 13.1. The Hall–Kier alpha value is -1.51. The van der Waals surface area contributed by atoms with Crippen molar-refractivity contribution in [1.29, 1.82) is 0 Å². The first-order chi connectivity index (χ1) is 8.61. The third kappa shape index (κ3) is 3.03. The highest BCUT2D eigenvalue weighted by Crippen LogP contribution is 2.31. The molecule has 1 N–H and O–H groups in total. The van der Waals surface area contributed by atoms with Gasteiger partial charge in [-0.2, -0.15) is 0 Å². The second kappa shape index (κ2) is 5.42. The van der Waals surface area contributed by atoms with Gasteiger partial charge in [0, 0.05) is 13.1 Å². The van der Waals surface area contributed by atoms with Gasteiger partial charge in [-0.15, -0.1) is 0 Å². The SMILES string of the molecule is CCCN(CC1CC1)C(=O)c1ccc(C)cc1O. The van der Waals surface area contributed by atoms with Crippen molar-refractivity contribution in [2.75, 3.05) is 13.1 Å². The van der Waals surface area contributed by atoms with Crippen LogP contribution in [0.2, 0.25) is 0 Å².